The van der Waals surface area contributed by atoms with Gasteiger partial charge in [0.1, 0.15) is 5.69 Å². The molecule has 8 rings (SSSR count). The first kappa shape index (κ1) is 19.4. The van der Waals surface area contributed by atoms with E-state index < -0.39 is 0 Å². The van der Waals surface area contributed by atoms with Gasteiger partial charge in [0.2, 0.25) is 0 Å². The lowest BCUT2D eigenvalue weighted by molar-refractivity contribution is -0.186. The molecule has 3 aliphatic carbocycles. The van der Waals surface area contributed by atoms with Crippen molar-refractivity contribution in [1.29, 1.82) is 0 Å². The summed E-state index contributed by atoms with van der Waals surface area (Å²) in [5.41, 5.74) is 3.65. The highest BCUT2D eigenvalue weighted by atomic mass is 35.5. The largest absolute Gasteiger partial charge is 0.374 e. The fourth-order valence-electron chi connectivity index (χ4n) is 6.18. The van der Waals surface area contributed by atoms with Crippen molar-refractivity contribution in [2.45, 2.75) is 50.3 Å². The molecule has 0 spiro atoms. The first-order valence-electron chi connectivity index (χ1n) is 11.8. The third-order valence-electron chi connectivity index (χ3n) is 8.79. The number of piperazine rings is 1. The van der Waals surface area contributed by atoms with Crippen LogP contribution >= 0.6 is 11.6 Å². The molecule has 7 nitrogen and oxygen atoms in total. The molecule has 1 aromatic carbocycles. The van der Waals surface area contributed by atoms with Crippen LogP contribution in [-0.2, 0) is 10.3 Å². The molecule has 3 saturated carbocycles. The number of anilines is 1. The molecular formula is C24H29ClN6O. The Morgan fingerprint density at radius 1 is 1.06 bits per heavy atom. The monoisotopic (exact) mass is 452 g/mol. The lowest BCUT2D eigenvalue weighted by Crippen LogP contribution is -2.68. The SMILES string of the molecule is C[C@H]1OC[C@@]1(C)N1CCN(c2cc3c(cnn3-c3cnn(C45CC(C4)C5)c3)cc2Cl)CC1. The van der Waals surface area contributed by atoms with Crippen LogP contribution in [0.4, 0.5) is 5.69 Å². The molecule has 4 heterocycles. The van der Waals surface area contributed by atoms with E-state index >= 15 is 0 Å². The van der Waals surface area contributed by atoms with E-state index in [4.69, 9.17) is 21.4 Å². The van der Waals surface area contributed by atoms with Crippen molar-refractivity contribution in [2.24, 2.45) is 5.92 Å². The Kier molecular flexibility index (Phi) is 3.93. The number of fused-ring (bicyclic) bond motifs is 1. The topological polar surface area (TPSA) is 51.4 Å². The molecule has 0 N–H and O–H groups in total. The average molecular weight is 453 g/mol. The molecule has 2 atom stereocenters. The summed E-state index contributed by atoms with van der Waals surface area (Å²) in [5, 5.41) is 11.2. The van der Waals surface area contributed by atoms with Crippen LogP contribution in [0.2, 0.25) is 5.02 Å². The van der Waals surface area contributed by atoms with Gasteiger partial charge in [-0.1, -0.05) is 11.6 Å². The zero-order valence-corrected chi connectivity index (χ0v) is 19.4. The lowest BCUT2D eigenvalue weighted by atomic mass is 9.50. The van der Waals surface area contributed by atoms with Gasteiger partial charge in [0, 0.05) is 31.6 Å². The number of aromatic nitrogens is 4. The second-order valence-corrected chi connectivity index (χ2v) is 11.0. The second-order valence-electron chi connectivity index (χ2n) is 10.5. The van der Waals surface area contributed by atoms with E-state index in [2.05, 4.69) is 51.8 Å². The zero-order valence-electron chi connectivity index (χ0n) is 18.7. The molecule has 5 aliphatic rings. The highest BCUT2D eigenvalue weighted by Crippen LogP contribution is 2.62. The maximum absolute atomic E-state index is 6.75. The predicted octanol–water partition coefficient (Wildman–Crippen LogP) is 3.68. The lowest BCUT2D eigenvalue weighted by Gasteiger charge is -2.61. The fourth-order valence-corrected chi connectivity index (χ4v) is 6.47. The molecule has 0 amide bonds. The summed E-state index contributed by atoms with van der Waals surface area (Å²) in [6, 6.07) is 4.26. The van der Waals surface area contributed by atoms with Crippen molar-refractivity contribution in [3.8, 4) is 5.69 Å². The summed E-state index contributed by atoms with van der Waals surface area (Å²) < 4.78 is 9.85. The van der Waals surface area contributed by atoms with Gasteiger partial charge in [-0.25, -0.2) is 4.68 Å². The third-order valence-corrected chi connectivity index (χ3v) is 9.09. The number of rotatable bonds is 4. The summed E-state index contributed by atoms with van der Waals surface area (Å²) in [6.07, 6.45) is 10.2. The van der Waals surface area contributed by atoms with Crippen molar-refractivity contribution in [3.63, 3.8) is 0 Å². The zero-order chi connectivity index (χ0) is 21.7. The van der Waals surface area contributed by atoms with Gasteiger partial charge in [0.25, 0.3) is 0 Å². The molecular weight excluding hydrogens is 424 g/mol. The molecule has 2 bridgehead atoms. The van der Waals surface area contributed by atoms with Crippen LogP contribution in [0.1, 0.15) is 33.1 Å². The Morgan fingerprint density at radius 3 is 2.47 bits per heavy atom. The van der Waals surface area contributed by atoms with Crippen LogP contribution < -0.4 is 4.90 Å². The summed E-state index contributed by atoms with van der Waals surface area (Å²) in [6.45, 7) is 9.29. The minimum atomic E-state index is 0.166. The molecule has 3 aromatic rings. The maximum atomic E-state index is 6.75. The van der Waals surface area contributed by atoms with Crippen LogP contribution in [0.5, 0.6) is 0 Å². The highest BCUT2D eigenvalue weighted by Gasteiger charge is 2.58. The normalized spacial score (nSPS) is 34.3. The Labute approximate surface area is 192 Å². The third kappa shape index (κ3) is 2.56. The minimum absolute atomic E-state index is 0.166. The van der Waals surface area contributed by atoms with Gasteiger partial charge in [-0.2, -0.15) is 10.2 Å². The highest BCUT2D eigenvalue weighted by molar-refractivity contribution is 6.34. The van der Waals surface area contributed by atoms with E-state index in [1.54, 1.807) is 0 Å². The van der Waals surface area contributed by atoms with Gasteiger partial charge in [-0.15, -0.1) is 0 Å². The van der Waals surface area contributed by atoms with Gasteiger partial charge in [0.15, 0.2) is 0 Å². The van der Waals surface area contributed by atoms with E-state index in [1.807, 2.05) is 17.1 Å². The fraction of sp³-hybridized carbons (Fsp3) is 0.583. The smallest absolute Gasteiger partial charge is 0.103 e. The minimum Gasteiger partial charge on any atom is -0.374 e. The predicted molar refractivity (Wildman–Crippen MR) is 125 cm³/mol. The Hall–Kier alpha value is -2.09. The molecule has 0 radical (unpaired) electrons. The molecule has 32 heavy (non-hydrogen) atoms. The Balaban J connectivity index is 1.17. The van der Waals surface area contributed by atoms with Gasteiger partial charge >= 0.3 is 0 Å². The van der Waals surface area contributed by atoms with E-state index in [0.717, 1.165) is 66.0 Å². The van der Waals surface area contributed by atoms with E-state index in [-0.39, 0.29) is 5.54 Å². The van der Waals surface area contributed by atoms with Crippen molar-refractivity contribution in [1.82, 2.24) is 24.5 Å². The van der Waals surface area contributed by atoms with E-state index in [9.17, 15) is 0 Å². The van der Waals surface area contributed by atoms with E-state index in [0.29, 0.717) is 11.6 Å². The summed E-state index contributed by atoms with van der Waals surface area (Å²) in [5.74, 6) is 0.931. The molecule has 2 aliphatic heterocycles. The quantitative estimate of drug-likeness (QED) is 0.604. The van der Waals surface area contributed by atoms with Crippen molar-refractivity contribution in [2.75, 3.05) is 37.7 Å². The molecule has 8 heteroatoms. The Morgan fingerprint density at radius 2 is 1.84 bits per heavy atom. The second kappa shape index (κ2) is 6.49. The van der Waals surface area contributed by atoms with Crippen molar-refractivity contribution < 1.29 is 4.74 Å². The Bertz CT molecular complexity index is 1190. The van der Waals surface area contributed by atoms with Crippen LogP contribution in [0.3, 0.4) is 0 Å². The number of benzene rings is 1. The average Bonchev–Trinajstić information content (AvgIpc) is 3.36. The molecule has 0 unspecified atom stereocenters. The molecule has 2 aromatic heterocycles. The van der Waals surface area contributed by atoms with E-state index in [1.165, 1.54) is 19.3 Å². The van der Waals surface area contributed by atoms with Gasteiger partial charge in [0.05, 0.1) is 58.6 Å². The number of hydrogen-bond acceptors (Lipinski definition) is 5. The first-order chi connectivity index (χ1) is 15.5. The van der Waals surface area contributed by atoms with Crippen LogP contribution in [0.25, 0.3) is 16.6 Å². The van der Waals surface area contributed by atoms with Crippen molar-refractivity contribution >= 4 is 28.2 Å². The molecule has 2 saturated heterocycles. The van der Waals surface area contributed by atoms with Crippen molar-refractivity contribution in [3.05, 3.63) is 35.7 Å². The number of nitrogens with zero attached hydrogens (tertiary/aromatic N) is 6. The molecule has 168 valence electrons. The first-order valence-corrected chi connectivity index (χ1v) is 12.2. The maximum Gasteiger partial charge on any atom is 0.103 e. The molecule has 5 fully saturated rings. The summed E-state index contributed by atoms with van der Waals surface area (Å²) in [4.78, 5) is 4.99. The standard InChI is InChI=1S/C24H29ClN6O/c1-16-23(2,15-32-16)29-5-3-28(4-6-29)22-8-21-18(7-20(22)25)12-27-31(21)19-13-26-30(14-19)24-9-17(10-24)11-24/h7-8,12-14,16-17H,3-6,9-11,15H2,1-2H3/t16-,17?,23-,24?/m1/s1. The number of ether oxygens (including phenoxy) is 1. The number of halogens is 1. The van der Waals surface area contributed by atoms with Gasteiger partial charge in [-0.3, -0.25) is 9.58 Å². The van der Waals surface area contributed by atoms with Gasteiger partial charge in [-0.05, 0) is 51.2 Å². The number of hydrogen-bond donors (Lipinski definition) is 0. The van der Waals surface area contributed by atoms with Gasteiger partial charge < -0.3 is 9.64 Å². The van der Waals surface area contributed by atoms with Crippen LogP contribution in [-0.4, -0.2) is 68.9 Å². The summed E-state index contributed by atoms with van der Waals surface area (Å²) >= 11 is 6.75. The van der Waals surface area contributed by atoms with Crippen LogP contribution in [0, 0.1) is 5.92 Å². The summed E-state index contributed by atoms with van der Waals surface area (Å²) in [7, 11) is 0. The van der Waals surface area contributed by atoms with Crippen LogP contribution in [0.15, 0.2) is 30.7 Å².